The summed E-state index contributed by atoms with van der Waals surface area (Å²) in [5.41, 5.74) is 0.188. The van der Waals surface area contributed by atoms with Gasteiger partial charge in [0.15, 0.2) is 5.13 Å². The van der Waals surface area contributed by atoms with Crippen molar-refractivity contribution in [3.05, 3.63) is 11.6 Å². The van der Waals surface area contributed by atoms with Crippen molar-refractivity contribution in [3.8, 4) is 0 Å². The Bertz CT molecular complexity index is 465. The van der Waals surface area contributed by atoms with Crippen molar-refractivity contribution in [2.24, 2.45) is 5.41 Å². The van der Waals surface area contributed by atoms with Gasteiger partial charge in [-0.05, 0) is 19.3 Å². The number of aliphatic hydroxyl groups is 1. The Kier molecular flexibility index (Phi) is 3.94. The Balaban J connectivity index is 1.73. The summed E-state index contributed by atoms with van der Waals surface area (Å²) in [6.07, 6.45) is 5.76. The lowest BCUT2D eigenvalue weighted by molar-refractivity contribution is -0.138. The summed E-state index contributed by atoms with van der Waals surface area (Å²) in [5.74, 6) is 0.191. The molecule has 3 rings (SSSR count). The molecule has 1 aromatic heterocycles. The second kappa shape index (κ2) is 5.69. The monoisotopic (exact) mass is 295 g/mol. The molecule has 1 aromatic rings. The number of aromatic nitrogens is 1. The van der Waals surface area contributed by atoms with Crippen LogP contribution in [-0.2, 0) is 4.79 Å². The van der Waals surface area contributed by atoms with Crippen molar-refractivity contribution in [1.82, 2.24) is 9.88 Å². The Morgan fingerprint density at radius 2 is 2.30 bits per heavy atom. The fraction of sp³-hybridized carbons (Fsp3) is 0.714. The number of likely N-dealkylation sites (tertiary alicyclic amines) is 1. The maximum Gasteiger partial charge on any atom is 0.222 e. The summed E-state index contributed by atoms with van der Waals surface area (Å²) in [7, 11) is 0. The molecule has 1 N–H and O–H groups in total. The van der Waals surface area contributed by atoms with Gasteiger partial charge in [0.1, 0.15) is 0 Å². The zero-order valence-electron chi connectivity index (χ0n) is 11.6. The van der Waals surface area contributed by atoms with E-state index < -0.39 is 0 Å². The van der Waals surface area contributed by atoms with E-state index in [4.69, 9.17) is 5.11 Å². The topological polar surface area (TPSA) is 56.7 Å². The number of nitrogens with zero attached hydrogens (tertiary/aromatic N) is 3. The summed E-state index contributed by atoms with van der Waals surface area (Å²) in [4.78, 5) is 20.5. The van der Waals surface area contributed by atoms with Crippen LogP contribution in [0, 0.1) is 5.41 Å². The van der Waals surface area contributed by atoms with Crippen molar-refractivity contribution in [2.75, 3.05) is 37.7 Å². The van der Waals surface area contributed by atoms with Gasteiger partial charge in [0, 0.05) is 49.6 Å². The number of rotatable bonds is 3. The quantitative estimate of drug-likeness (QED) is 0.914. The molecule has 0 saturated carbocycles. The molecule has 0 bridgehead atoms. The highest BCUT2D eigenvalue weighted by molar-refractivity contribution is 7.13. The van der Waals surface area contributed by atoms with Gasteiger partial charge in [-0.15, -0.1) is 11.3 Å². The lowest BCUT2D eigenvalue weighted by Gasteiger charge is -2.48. The zero-order chi connectivity index (χ0) is 14.0. The highest BCUT2D eigenvalue weighted by Crippen LogP contribution is 2.40. The molecule has 1 spiro atoms. The van der Waals surface area contributed by atoms with Gasteiger partial charge in [-0.1, -0.05) is 0 Å². The molecule has 1 amide bonds. The van der Waals surface area contributed by atoms with E-state index in [1.807, 2.05) is 16.5 Å². The van der Waals surface area contributed by atoms with Crippen LogP contribution in [0.3, 0.4) is 0 Å². The molecular formula is C14H21N3O2S. The van der Waals surface area contributed by atoms with Gasteiger partial charge >= 0.3 is 0 Å². The Morgan fingerprint density at radius 1 is 1.40 bits per heavy atom. The van der Waals surface area contributed by atoms with Crippen molar-refractivity contribution < 1.29 is 9.90 Å². The average Bonchev–Trinajstić information content (AvgIpc) is 2.98. The maximum absolute atomic E-state index is 11.9. The number of carbonyl (C=O) groups is 1. The number of hydrogen-bond donors (Lipinski definition) is 1. The Morgan fingerprint density at radius 3 is 3.05 bits per heavy atom. The van der Waals surface area contributed by atoms with E-state index in [2.05, 4.69) is 9.88 Å². The third-order valence-electron chi connectivity index (χ3n) is 4.47. The zero-order valence-corrected chi connectivity index (χ0v) is 12.4. The molecule has 0 aromatic carbocycles. The number of anilines is 1. The van der Waals surface area contributed by atoms with Gasteiger partial charge in [-0.2, -0.15) is 0 Å². The van der Waals surface area contributed by atoms with E-state index in [9.17, 15) is 4.79 Å². The molecule has 2 fully saturated rings. The predicted octanol–water partition coefficient (Wildman–Crippen LogP) is 1.34. The molecule has 20 heavy (non-hydrogen) atoms. The van der Waals surface area contributed by atoms with Crippen LogP contribution in [0.25, 0.3) is 0 Å². The van der Waals surface area contributed by atoms with Crippen LogP contribution < -0.4 is 4.90 Å². The molecule has 2 aliphatic rings. The molecule has 0 aliphatic carbocycles. The first-order valence-corrected chi connectivity index (χ1v) is 8.13. The molecule has 2 aliphatic heterocycles. The largest absolute Gasteiger partial charge is 0.395 e. The van der Waals surface area contributed by atoms with Gasteiger partial charge in [0.25, 0.3) is 0 Å². The van der Waals surface area contributed by atoms with Crippen LogP contribution in [0.15, 0.2) is 11.6 Å². The number of thiazole rings is 1. The minimum absolute atomic E-state index is 0.0536. The lowest BCUT2D eigenvalue weighted by Crippen LogP contribution is -2.54. The highest BCUT2D eigenvalue weighted by atomic mass is 32.1. The summed E-state index contributed by atoms with van der Waals surface area (Å²) in [6, 6.07) is 0. The van der Waals surface area contributed by atoms with E-state index >= 15 is 0 Å². The molecular weight excluding hydrogens is 274 g/mol. The minimum atomic E-state index is 0.0536. The number of carbonyl (C=O) groups excluding carboxylic acids is 1. The molecule has 1 atom stereocenters. The third-order valence-corrected chi connectivity index (χ3v) is 5.30. The SMILES string of the molecule is O=C1CCC2(CCCN(c3nccs3)C2)CN1CCO. The van der Waals surface area contributed by atoms with Gasteiger partial charge in [-0.3, -0.25) is 4.79 Å². The van der Waals surface area contributed by atoms with Crippen LogP contribution in [0.1, 0.15) is 25.7 Å². The number of piperidine rings is 2. The Hall–Kier alpha value is -1.14. The molecule has 5 nitrogen and oxygen atoms in total. The Labute approximate surface area is 123 Å². The van der Waals surface area contributed by atoms with Crippen molar-refractivity contribution in [1.29, 1.82) is 0 Å². The lowest BCUT2D eigenvalue weighted by atomic mass is 9.73. The van der Waals surface area contributed by atoms with Crippen LogP contribution in [0.4, 0.5) is 5.13 Å². The molecule has 110 valence electrons. The molecule has 6 heteroatoms. The molecule has 0 radical (unpaired) electrons. The number of aliphatic hydroxyl groups excluding tert-OH is 1. The van der Waals surface area contributed by atoms with Crippen molar-refractivity contribution >= 4 is 22.4 Å². The van der Waals surface area contributed by atoms with E-state index in [-0.39, 0.29) is 17.9 Å². The first-order chi connectivity index (χ1) is 9.72. The van der Waals surface area contributed by atoms with Crippen molar-refractivity contribution in [3.63, 3.8) is 0 Å². The summed E-state index contributed by atoms with van der Waals surface area (Å²) in [5, 5.41) is 12.2. The average molecular weight is 295 g/mol. The predicted molar refractivity (Wildman–Crippen MR) is 78.9 cm³/mol. The van der Waals surface area contributed by atoms with Crippen LogP contribution in [-0.4, -0.2) is 53.7 Å². The third kappa shape index (κ3) is 2.67. The first-order valence-electron chi connectivity index (χ1n) is 7.26. The maximum atomic E-state index is 11.9. The van der Waals surface area contributed by atoms with Crippen molar-refractivity contribution in [2.45, 2.75) is 25.7 Å². The smallest absolute Gasteiger partial charge is 0.222 e. The normalized spacial score (nSPS) is 27.4. The number of β-amino-alcohol motifs (C(OH)–C–C–N with tert-alkyl or cyclic N) is 1. The van der Waals surface area contributed by atoms with Gasteiger partial charge < -0.3 is 14.9 Å². The molecule has 2 saturated heterocycles. The van der Waals surface area contributed by atoms with Crippen LogP contribution in [0.5, 0.6) is 0 Å². The highest BCUT2D eigenvalue weighted by Gasteiger charge is 2.41. The first kappa shape index (κ1) is 13.8. The molecule has 3 heterocycles. The minimum Gasteiger partial charge on any atom is -0.395 e. The fourth-order valence-corrected chi connectivity index (χ4v) is 4.17. The van der Waals surface area contributed by atoms with Gasteiger partial charge in [0.05, 0.1) is 6.61 Å². The summed E-state index contributed by atoms with van der Waals surface area (Å²) in [6.45, 7) is 3.35. The second-order valence-corrected chi connectivity index (χ2v) is 6.75. The van der Waals surface area contributed by atoms with Crippen LogP contribution in [0.2, 0.25) is 0 Å². The molecule has 1 unspecified atom stereocenters. The van der Waals surface area contributed by atoms with E-state index in [1.165, 1.54) is 6.42 Å². The van der Waals surface area contributed by atoms with E-state index in [0.717, 1.165) is 37.6 Å². The fourth-order valence-electron chi connectivity index (χ4n) is 3.50. The summed E-state index contributed by atoms with van der Waals surface area (Å²) < 4.78 is 0. The second-order valence-electron chi connectivity index (χ2n) is 5.88. The van der Waals surface area contributed by atoms with Gasteiger partial charge in [-0.25, -0.2) is 4.98 Å². The van der Waals surface area contributed by atoms with E-state index in [1.54, 1.807) is 11.3 Å². The van der Waals surface area contributed by atoms with E-state index in [0.29, 0.717) is 13.0 Å². The number of hydrogen-bond acceptors (Lipinski definition) is 5. The summed E-state index contributed by atoms with van der Waals surface area (Å²) >= 11 is 1.68. The van der Waals surface area contributed by atoms with Crippen LogP contribution >= 0.6 is 11.3 Å². The standard InChI is InChI=1S/C14H21N3O2S/c18-8-7-16-10-14(4-2-12(16)19)3-1-6-17(11-14)13-15-5-9-20-13/h5,9,18H,1-4,6-8,10-11H2. The van der Waals surface area contributed by atoms with Gasteiger partial charge in [0.2, 0.25) is 5.91 Å². The number of amides is 1.